The van der Waals surface area contributed by atoms with Crippen LogP contribution in [0, 0.1) is 6.92 Å². The zero-order valence-electron chi connectivity index (χ0n) is 13.3. The fourth-order valence-corrected chi connectivity index (χ4v) is 3.22. The molecule has 7 heteroatoms. The van der Waals surface area contributed by atoms with Crippen molar-refractivity contribution in [3.8, 4) is 0 Å². The number of aryl methyl sites for hydroxylation is 1. The molecule has 0 aliphatic carbocycles. The summed E-state index contributed by atoms with van der Waals surface area (Å²) in [6.45, 7) is 7.25. The van der Waals surface area contributed by atoms with Gasteiger partial charge in [0.15, 0.2) is 5.82 Å². The van der Waals surface area contributed by atoms with Crippen LogP contribution in [0.5, 0.6) is 0 Å². The third-order valence-corrected chi connectivity index (χ3v) is 4.49. The molecule has 0 bridgehead atoms. The molecule has 0 radical (unpaired) electrons. The van der Waals surface area contributed by atoms with Gasteiger partial charge in [-0.2, -0.15) is 4.98 Å². The van der Waals surface area contributed by atoms with Gasteiger partial charge in [-0.15, -0.1) is 0 Å². The highest BCUT2D eigenvalue weighted by molar-refractivity contribution is 5.78. The summed E-state index contributed by atoms with van der Waals surface area (Å²) in [5.41, 5.74) is 0. The number of hydrogen-bond donors (Lipinski definition) is 0. The number of carbonyl (C=O) groups excluding carboxylic acids is 1. The van der Waals surface area contributed by atoms with Gasteiger partial charge >= 0.3 is 0 Å². The number of amides is 1. The van der Waals surface area contributed by atoms with Gasteiger partial charge in [-0.05, 0) is 25.8 Å². The quantitative estimate of drug-likeness (QED) is 0.831. The minimum absolute atomic E-state index is 0.101. The maximum atomic E-state index is 12.6. The lowest BCUT2D eigenvalue weighted by Crippen LogP contribution is -2.48. The predicted octanol–water partition coefficient (Wildman–Crippen LogP) is 1.15. The van der Waals surface area contributed by atoms with Gasteiger partial charge < -0.3 is 14.2 Å². The second-order valence-electron chi connectivity index (χ2n) is 6.04. The van der Waals surface area contributed by atoms with E-state index in [-0.39, 0.29) is 18.1 Å². The lowest BCUT2D eigenvalue weighted by Gasteiger charge is -2.34. The molecule has 122 valence electrons. The lowest BCUT2D eigenvalue weighted by molar-refractivity contribution is -0.140. The summed E-state index contributed by atoms with van der Waals surface area (Å²) in [7, 11) is 0. The molecule has 2 aliphatic heterocycles. The van der Waals surface area contributed by atoms with Crippen molar-refractivity contribution in [1.82, 2.24) is 19.9 Å². The highest BCUT2D eigenvalue weighted by atomic mass is 16.5. The Labute approximate surface area is 130 Å². The molecule has 7 nitrogen and oxygen atoms in total. The third-order valence-electron chi connectivity index (χ3n) is 4.49. The van der Waals surface area contributed by atoms with E-state index in [4.69, 9.17) is 9.26 Å². The van der Waals surface area contributed by atoms with Crippen LogP contribution < -0.4 is 0 Å². The first kappa shape index (κ1) is 15.4. The minimum Gasteiger partial charge on any atom is -0.375 e. The fourth-order valence-electron chi connectivity index (χ4n) is 3.22. The predicted molar refractivity (Wildman–Crippen MR) is 79.2 cm³/mol. The van der Waals surface area contributed by atoms with Crippen LogP contribution in [0.4, 0.5) is 0 Å². The van der Waals surface area contributed by atoms with E-state index in [0.29, 0.717) is 38.0 Å². The Hall–Kier alpha value is -1.47. The summed E-state index contributed by atoms with van der Waals surface area (Å²) < 4.78 is 10.7. The van der Waals surface area contributed by atoms with Crippen molar-refractivity contribution >= 4 is 5.91 Å². The van der Waals surface area contributed by atoms with Gasteiger partial charge in [-0.1, -0.05) is 12.1 Å². The molecule has 2 saturated heterocycles. The maximum Gasteiger partial charge on any atom is 0.236 e. The number of ether oxygens (including phenoxy) is 1. The summed E-state index contributed by atoms with van der Waals surface area (Å²) in [5.74, 6) is 1.46. The average molecular weight is 308 g/mol. The number of nitrogens with zero attached hydrogens (tertiary/aromatic N) is 4. The Morgan fingerprint density at radius 2 is 2.27 bits per heavy atom. The molecule has 2 aliphatic rings. The van der Waals surface area contributed by atoms with E-state index in [1.165, 1.54) is 0 Å². The third kappa shape index (κ3) is 3.30. The van der Waals surface area contributed by atoms with E-state index in [9.17, 15) is 4.79 Å². The number of rotatable bonds is 4. The van der Waals surface area contributed by atoms with Crippen molar-refractivity contribution in [3.63, 3.8) is 0 Å². The number of carbonyl (C=O) groups is 1. The molecule has 0 spiro atoms. The van der Waals surface area contributed by atoms with Gasteiger partial charge in [0.1, 0.15) is 0 Å². The second-order valence-corrected chi connectivity index (χ2v) is 6.04. The summed E-state index contributed by atoms with van der Waals surface area (Å²) in [5, 5.41) is 4.02. The van der Waals surface area contributed by atoms with Crippen LogP contribution in [0.25, 0.3) is 0 Å². The number of likely N-dealkylation sites (tertiary alicyclic amines) is 1. The van der Waals surface area contributed by atoms with Crippen LogP contribution in [0.15, 0.2) is 4.52 Å². The van der Waals surface area contributed by atoms with Crippen LogP contribution in [0.2, 0.25) is 0 Å². The van der Waals surface area contributed by atoms with Crippen LogP contribution in [-0.2, 0) is 9.53 Å². The molecule has 1 aromatic heterocycles. The minimum atomic E-state index is 0.101. The molecule has 3 heterocycles. The molecule has 1 aromatic rings. The van der Waals surface area contributed by atoms with Crippen molar-refractivity contribution in [3.05, 3.63) is 11.7 Å². The van der Waals surface area contributed by atoms with E-state index >= 15 is 0 Å². The van der Waals surface area contributed by atoms with Crippen molar-refractivity contribution in [2.24, 2.45) is 0 Å². The molecule has 0 unspecified atom stereocenters. The van der Waals surface area contributed by atoms with Crippen molar-refractivity contribution in [2.75, 3.05) is 32.8 Å². The Balaban J connectivity index is 1.60. The fraction of sp³-hybridized carbons (Fsp3) is 0.800. The molecular formula is C15H24N4O3. The van der Waals surface area contributed by atoms with E-state index in [1.807, 2.05) is 4.90 Å². The topological polar surface area (TPSA) is 71.7 Å². The van der Waals surface area contributed by atoms with Gasteiger partial charge in [0, 0.05) is 20.0 Å². The van der Waals surface area contributed by atoms with Crippen LogP contribution >= 0.6 is 0 Å². The SMILES string of the molecule is CC[C@@H]1CN(C(=O)CN2CCC[C@H]2c2noc(C)n2)CCO1. The maximum absolute atomic E-state index is 12.6. The zero-order chi connectivity index (χ0) is 15.5. The van der Waals surface area contributed by atoms with Crippen molar-refractivity contribution in [2.45, 2.75) is 45.3 Å². The van der Waals surface area contributed by atoms with Gasteiger partial charge in [-0.3, -0.25) is 9.69 Å². The molecule has 3 rings (SSSR count). The summed E-state index contributed by atoms with van der Waals surface area (Å²) in [6, 6.07) is 0.101. The number of aromatic nitrogens is 2. The molecule has 1 amide bonds. The molecule has 0 saturated carbocycles. The van der Waals surface area contributed by atoms with E-state index in [2.05, 4.69) is 22.0 Å². The molecular weight excluding hydrogens is 284 g/mol. The average Bonchev–Trinajstić information content (AvgIpc) is 3.16. The standard InChI is InChI=1S/C15H24N4O3/c1-3-12-9-19(7-8-21-12)14(20)10-18-6-4-5-13(18)15-16-11(2)22-17-15/h12-13H,3-10H2,1-2H3/t12-,13+/m1/s1. The molecule has 2 fully saturated rings. The van der Waals surface area contributed by atoms with E-state index in [1.54, 1.807) is 6.92 Å². The van der Waals surface area contributed by atoms with Crippen LogP contribution in [0.1, 0.15) is 43.9 Å². The molecule has 2 atom stereocenters. The molecule has 0 aromatic carbocycles. The van der Waals surface area contributed by atoms with E-state index in [0.717, 1.165) is 25.8 Å². The monoisotopic (exact) mass is 308 g/mol. The molecule has 0 N–H and O–H groups in total. The zero-order valence-corrected chi connectivity index (χ0v) is 13.3. The highest BCUT2D eigenvalue weighted by Gasteiger charge is 2.33. The van der Waals surface area contributed by atoms with Gasteiger partial charge in [0.2, 0.25) is 11.8 Å². The van der Waals surface area contributed by atoms with Crippen molar-refractivity contribution in [1.29, 1.82) is 0 Å². The van der Waals surface area contributed by atoms with Crippen LogP contribution in [0.3, 0.4) is 0 Å². The number of morpholine rings is 1. The Morgan fingerprint density at radius 3 is 3.00 bits per heavy atom. The number of hydrogen-bond acceptors (Lipinski definition) is 6. The van der Waals surface area contributed by atoms with Gasteiger partial charge in [0.25, 0.3) is 0 Å². The first-order chi connectivity index (χ1) is 10.7. The van der Waals surface area contributed by atoms with Crippen LogP contribution in [-0.4, -0.2) is 64.7 Å². The second kappa shape index (κ2) is 6.75. The molecule has 22 heavy (non-hydrogen) atoms. The Kier molecular flexibility index (Phi) is 4.73. The Bertz CT molecular complexity index is 519. The Morgan fingerprint density at radius 1 is 1.41 bits per heavy atom. The summed E-state index contributed by atoms with van der Waals surface area (Å²) in [6.07, 6.45) is 3.16. The first-order valence-electron chi connectivity index (χ1n) is 8.11. The summed E-state index contributed by atoms with van der Waals surface area (Å²) >= 11 is 0. The van der Waals surface area contributed by atoms with E-state index < -0.39 is 0 Å². The van der Waals surface area contributed by atoms with Crippen molar-refractivity contribution < 1.29 is 14.1 Å². The van der Waals surface area contributed by atoms with Gasteiger partial charge in [-0.25, -0.2) is 0 Å². The first-order valence-corrected chi connectivity index (χ1v) is 8.11. The normalized spacial score (nSPS) is 26.5. The lowest BCUT2D eigenvalue weighted by atomic mass is 10.2. The largest absolute Gasteiger partial charge is 0.375 e. The van der Waals surface area contributed by atoms with Gasteiger partial charge in [0.05, 0.1) is 25.3 Å². The highest BCUT2D eigenvalue weighted by Crippen LogP contribution is 2.29. The smallest absolute Gasteiger partial charge is 0.236 e. The summed E-state index contributed by atoms with van der Waals surface area (Å²) in [4.78, 5) is 21.0.